The summed E-state index contributed by atoms with van der Waals surface area (Å²) in [6.07, 6.45) is 2.31. The number of nitrogens with one attached hydrogen (secondary N) is 1. The van der Waals surface area contributed by atoms with E-state index < -0.39 is 5.92 Å². The molecule has 1 fully saturated rings. The Morgan fingerprint density at radius 1 is 1.50 bits per heavy atom. The molecule has 3 N–H and O–H groups in total. The fourth-order valence-electron chi connectivity index (χ4n) is 2.65. The van der Waals surface area contributed by atoms with Gasteiger partial charge in [0.2, 0.25) is 5.91 Å². The number of benzene rings is 1. The Labute approximate surface area is 125 Å². The minimum Gasteiger partial charge on any atom is -0.392 e. The highest BCUT2D eigenvalue weighted by molar-refractivity contribution is 7.80. The monoisotopic (exact) mass is 291 g/mol. The molecule has 1 heterocycles. The summed E-state index contributed by atoms with van der Waals surface area (Å²) in [5.41, 5.74) is 6.59. The predicted octanol–water partition coefficient (Wildman–Crippen LogP) is 1.27. The third kappa shape index (κ3) is 3.55. The smallest absolute Gasteiger partial charge is 0.234 e. The van der Waals surface area contributed by atoms with E-state index in [0.717, 1.165) is 18.5 Å². The van der Waals surface area contributed by atoms with E-state index in [9.17, 15) is 4.79 Å². The number of nitrogens with zero attached hydrogens (tertiary/aromatic N) is 1. The maximum atomic E-state index is 12.4. The Balaban J connectivity index is 1.99. The van der Waals surface area contributed by atoms with Crippen molar-refractivity contribution in [1.29, 1.82) is 0 Å². The van der Waals surface area contributed by atoms with Gasteiger partial charge in [-0.15, -0.1) is 0 Å². The molecule has 2 unspecified atom stereocenters. The lowest BCUT2D eigenvalue weighted by Crippen LogP contribution is -2.42. The topological polar surface area (TPSA) is 58.4 Å². The lowest BCUT2D eigenvalue weighted by Gasteiger charge is -2.22. The van der Waals surface area contributed by atoms with E-state index in [1.165, 1.54) is 6.42 Å². The molecule has 0 aromatic heterocycles. The molecule has 0 spiro atoms. The zero-order valence-electron chi connectivity index (χ0n) is 11.7. The number of likely N-dealkylation sites (tertiary alicyclic amines) is 1. The van der Waals surface area contributed by atoms with Gasteiger partial charge in [-0.25, -0.2) is 0 Å². The summed E-state index contributed by atoms with van der Waals surface area (Å²) in [6.45, 7) is 1.75. The van der Waals surface area contributed by atoms with Gasteiger partial charge in [-0.3, -0.25) is 4.79 Å². The molecule has 0 saturated carbocycles. The van der Waals surface area contributed by atoms with E-state index in [-0.39, 0.29) is 10.9 Å². The number of hydrogen-bond acceptors (Lipinski definition) is 3. The second-order valence-electron chi connectivity index (χ2n) is 5.27. The molecule has 4 nitrogen and oxygen atoms in total. The maximum Gasteiger partial charge on any atom is 0.234 e. The van der Waals surface area contributed by atoms with Crippen molar-refractivity contribution in [2.24, 2.45) is 5.73 Å². The molecule has 1 amide bonds. The molecule has 2 rings (SSSR count). The van der Waals surface area contributed by atoms with E-state index in [2.05, 4.69) is 17.3 Å². The molecule has 1 saturated heterocycles. The number of carbonyl (C=O) groups is 1. The molecule has 5 heteroatoms. The quantitative estimate of drug-likeness (QED) is 0.802. The number of rotatable bonds is 5. The van der Waals surface area contributed by atoms with Crippen LogP contribution in [-0.4, -0.2) is 42.0 Å². The van der Waals surface area contributed by atoms with Crippen LogP contribution in [0.3, 0.4) is 0 Å². The minimum absolute atomic E-state index is 0.107. The van der Waals surface area contributed by atoms with Crippen LogP contribution in [0, 0.1) is 0 Å². The van der Waals surface area contributed by atoms with Crippen molar-refractivity contribution in [2.45, 2.75) is 24.8 Å². The van der Waals surface area contributed by atoms with Crippen LogP contribution in [0.25, 0.3) is 0 Å². The van der Waals surface area contributed by atoms with Crippen molar-refractivity contribution >= 4 is 23.1 Å². The molecule has 2 atom stereocenters. The van der Waals surface area contributed by atoms with Crippen molar-refractivity contribution in [3.63, 3.8) is 0 Å². The van der Waals surface area contributed by atoms with Gasteiger partial charge < -0.3 is 16.0 Å². The first-order chi connectivity index (χ1) is 9.59. The molecule has 1 aliphatic heterocycles. The summed E-state index contributed by atoms with van der Waals surface area (Å²) < 4.78 is 0. The van der Waals surface area contributed by atoms with E-state index in [1.807, 2.05) is 30.3 Å². The van der Waals surface area contributed by atoms with Gasteiger partial charge in [-0.2, -0.15) is 0 Å². The van der Waals surface area contributed by atoms with Gasteiger partial charge in [0.25, 0.3) is 0 Å². The minimum atomic E-state index is -0.544. The third-order valence-electron chi connectivity index (χ3n) is 3.86. The molecule has 20 heavy (non-hydrogen) atoms. The highest BCUT2D eigenvalue weighted by Gasteiger charge is 2.26. The van der Waals surface area contributed by atoms with Gasteiger partial charge in [0.1, 0.15) is 5.92 Å². The summed E-state index contributed by atoms with van der Waals surface area (Å²) in [6, 6.07) is 9.86. The Morgan fingerprint density at radius 3 is 2.75 bits per heavy atom. The lowest BCUT2D eigenvalue weighted by atomic mass is 9.98. The second-order valence-corrected chi connectivity index (χ2v) is 5.74. The van der Waals surface area contributed by atoms with Gasteiger partial charge in [0.15, 0.2) is 0 Å². The molecular weight excluding hydrogens is 270 g/mol. The number of nitrogens with two attached hydrogens (primary N) is 1. The van der Waals surface area contributed by atoms with E-state index in [1.54, 1.807) is 0 Å². The van der Waals surface area contributed by atoms with Crippen molar-refractivity contribution in [3.05, 3.63) is 35.9 Å². The number of likely N-dealkylation sites (N-methyl/N-ethyl adjacent to an activating group) is 1. The maximum absolute atomic E-state index is 12.4. The van der Waals surface area contributed by atoms with Crippen molar-refractivity contribution in [3.8, 4) is 0 Å². The highest BCUT2D eigenvalue weighted by Crippen LogP contribution is 2.17. The number of hydrogen-bond donors (Lipinski definition) is 2. The van der Waals surface area contributed by atoms with Crippen molar-refractivity contribution in [2.75, 3.05) is 20.1 Å². The van der Waals surface area contributed by atoms with Crippen LogP contribution in [-0.2, 0) is 4.79 Å². The summed E-state index contributed by atoms with van der Waals surface area (Å²) in [7, 11) is 2.09. The van der Waals surface area contributed by atoms with E-state index in [4.69, 9.17) is 18.0 Å². The first-order valence-corrected chi connectivity index (χ1v) is 7.32. The average Bonchev–Trinajstić information content (AvgIpc) is 2.83. The SMILES string of the molecule is CN1CCCC1CNC(=O)C(C(N)=S)c1ccccc1. The molecule has 0 bridgehead atoms. The summed E-state index contributed by atoms with van der Waals surface area (Å²) in [5, 5.41) is 2.99. The molecule has 1 aromatic rings. The van der Waals surface area contributed by atoms with Crippen molar-refractivity contribution < 1.29 is 4.79 Å². The van der Waals surface area contributed by atoms with Crippen LogP contribution in [0.2, 0.25) is 0 Å². The Kier molecular flexibility index (Phi) is 5.09. The third-order valence-corrected chi connectivity index (χ3v) is 4.10. The average molecular weight is 291 g/mol. The molecule has 1 aliphatic rings. The normalized spacial score (nSPS) is 20.6. The number of carbonyl (C=O) groups excluding carboxylic acids is 1. The fourth-order valence-corrected chi connectivity index (χ4v) is 2.89. The highest BCUT2D eigenvalue weighted by atomic mass is 32.1. The Bertz CT molecular complexity index is 477. The van der Waals surface area contributed by atoms with Crippen LogP contribution in [0.5, 0.6) is 0 Å². The Hall–Kier alpha value is -1.46. The standard InChI is InChI=1S/C15H21N3OS/c1-18-9-5-8-12(18)10-17-15(19)13(14(16)20)11-6-3-2-4-7-11/h2-4,6-7,12-13H,5,8-10H2,1H3,(H2,16,20)(H,17,19). The van der Waals surface area contributed by atoms with Gasteiger partial charge in [-0.05, 0) is 32.0 Å². The van der Waals surface area contributed by atoms with Crippen LogP contribution in [0.1, 0.15) is 24.3 Å². The molecular formula is C15H21N3OS. The summed E-state index contributed by atoms with van der Waals surface area (Å²) >= 11 is 5.05. The summed E-state index contributed by atoms with van der Waals surface area (Å²) in [5.74, 6) is -0.651. The second kappa shape index (κ2) is 6.81. The first kappa shape index (κ1) is 14.9. The predicted molar refractivity (Wildman–Crippen MR) is 84.6 cm³/mol. The van der Waals surface area contributed by atoms with E-state index >= 15 is 0 Å². The van der Waals surface area contributed by atoms with Crippen molar-refractivity contribution in [1.82, 2.24) is 10.2 Å². The number of thiocarbonyl (C=S) groups is 1. The zero-order chi connectivity index (χ0) is 14.5. The van der Waals surface area contributed by atoms with Crippen LogP contribution < -0.4 is 11.1 Å². The molecule has 108 valence electrons. The molecule has 0 aliphatic carbocycles. The van der Waals surface area contributed by atoms with Gasteiger partial charge >= 0.3 is 0 Å². The van der Waals surface area contributed by atoms with Crippen LogP contribution in [0.4, 0.5) is 0 Å². The summed E-state index contributed by atoms with van der Waals surface area (Å²) in [4.78, 5) is 14.8. The lowest BCUT2D eigenvalue weighted by molar-refractivity contribution is -0.121. The Morgan fingerprint density at radius 2 is 2.20 bits per heavy atom. The molecule has 1 aromatic carbocycles. The van der Waals surface area contributed by atoms with E-state index in [0.29, 0.717) is 12.6 Å². The van der Waals surface area contributed by atoms with Crippen LogP contribution >= 0.6 is 12.2 Å². The van der Waals surface area contributed by atoms with Gasteiger partial charge in [0.05, 0.1) is 4.99 Å². The van der Waals surface area contributed by atoms with Crippen LogP contribution in [0.15, 0.2) is 30.3 Å². The largest absolute Gasteiger partial charge is 0.392 e. The number of amides is 1. The van der Waals surface area contributed by atoms with Gasteiger partial charge in [-0.1, -0.05) is 42.5 Å². The first-order valence-electron chi connectivity index (χ1n) is 6.92. The van der Waals surface area contributed by atoms with Gasteiger partial charge in [0, 0.05) is 12.6 Å². The molecule has 0 radical (unpaired) electrons. The zero-order valence-corrected chi connectivity index (χ0v) is 12.5. The fraction of sp³-hybridized carbons (Fsp3) is 0.467.